The van der Waals surface area contributed by atoms with E-state index in [0.29, 0.717) is 29.7 Å². The fourth-order valence-electron chi connectivity index (χ4n) is 3.15. The van der Waals surface area contributed by atoms with Crippen LogP contribution in [0.3, 0.4) is 0 Å². The van der Waals surface area contributed by atoms with Gasteiger partial charge in [0.15, 0.2) is 5.82 Å². The van der Waals surface area contributed by atoms with Crippen molar-refractivity contribution in [2.75, 3.05) is 13.1 Å². The minimum Gasteiger partial charge on any atom is -0.245 e. The number of halogens is 1. The van der Waals surface area contributed by atoms with Gasteiger partial charge in [-0.2, -0.15) is 9.40 Å². The molecule has 4 rings (SSSR count). The van der Waals surface area contributed by atoms with Crippen LogP contribution in [0.15, 0.2) is 46.7 Å². The monoisotopic (exact) mass is 408 g/mol. The maximum Gasteiger partial charge on any atom is 0.252 e. The third-order valence-electron chi connectivity index (χ3n) is 4.45. The molecule has 0 spiro atoms. The van der Waals surface area contributed by atoms with Crippen LogP contribution in [0.2, 0.25) is 4.34 Å². The molecule has 1 aromatic carbocycles. The van der Waals surface area contributed by atoms with Crippen molar-refractivity contribution in [2.24, 2.45) is 0 Å². The van der Waals surface area contributed by atoms with E-state index in [-0.39, 0.29) is 10.3 Å². The van der Waals surface area contributed by atoms with Crippen LogP contribution < -0.4 is 0 Å². The first-order valence-electron chi connectivity index (χ1n) is 8.19. The Hall–Kier alpha value is -1.74. The summed E-state index contributed by atoms with van der Waals surface area (Å²) in [6.07, 6.45) is 0.705. The molecule has 0 saturated carbocycles. The molecule has 3 aromatic rings. The first-order chi connectivity index (χ1) is 12.4. The number of aromatic nitrogens is 3. The Kier molecular flexibility index (Phi) is 4.60. The van der Waals surface area contributed by atoms with E-state index in [2.05, 4.69) is 10.1 Å². The first kappa shape index (κ1) is 17.7. The second-order valence-electron chi connectivity index (χ2n) is 6.16. The van der Waals surface area contributed by atoms with Crippen molar-refractivity contribution >= 4 is 33.0 Å². The van der Waals surface area contributed by atoms with Crippen molar-refractivity contribution in [1.29, 1.82) is 0 Å². The maximum atomic E-state index is 12.8. The molecule has 3 heterocycles. The molecule has 1 aliphatic rings. The Bertz CT molecular complexity index is 1030. The lowest BCUT2D eigenvalue weighted by molar-refractivity contribution is 0.429. The van der Waals surface area contributed by atoms with Crippen molar-refractivity contribution in [3.8, 4) is 11.4 Å². The predicted molar refractivity (Wildman–Crippen MR) is 102 cm³/mol. The van der Waals surface area contributed by atoms with Gasteiger partial charge < -0.3 is 0 Å². The zero-order valence-corrected chi connectivity index (χ0v) is 16.4. The predicted octanol–water partition coefficient (Wildman–Crippen LogP) is 3.60. The summed E-state index contributed by atoms with van der Waals surface area (Å²) in [6, 6.07) is 12.9. The molecule has 0 aliphatic carbocycles. The molecule has 0 N–H and O–H groups in total. The van der Waals surface area contributed by atoms with E-state index < -0.39 is 10.0 Å². The highest BCUT2D eigenvalue weighted by molar-refractivity contribution is 7.91. The van der Waals surface area contributed by atoms with E-state index in [0.717, 1.165) is 22.7 Å². The standard InChI is InChI=1S/C17H17ClN4O2S2/c1-12-19-17(13-5-3-2-4-6-13)20-22(12)14-9-10-21(11-14)26(23,24)16-8-7-15(18)25-16/h2-8,14H,9-11H2,1H3. The Morgan fingerprint density at radius 2 is 1.96 bits per heavy atom. The summed E-state index contributed by atoms with van der Waals surface area (Å²) in [6.45, 7) is 2.74. The number of thiophene rings is 1. The van der Waals surface area contributed by atoms with Gasteiger partial charge in [0.05, 0.1) is 10.4 Å². The minimum absolute atomic E-state index is 0.0230. The van der Waals surface area contributed by atoms with E-state index in [1.807, 2.05) is 41.9 Å². The summed E-state index contributed by atoms with van der Waals surface area (Å²) in [5.41, 5.74) is 0.949. The maximum absolute atomic E-state index is 12.8. The van der Waals surface area contributed by atoms with Gasteiger partial charge in [0.2, 0.25) is 0 Å². The number of aryl methyl sites for hydroxylation is 1. The van der Waals surface area contributed by atoms with Gasteiger partial charge in [-0.25, -0.2) is 18.1 Å². The summed E-state index contributed by atoms with van der Waals surface area (Å²) >= 11 is 6.98. The van der Waals surface area contributed by atoms with Crippen LogP contribution in [0, 0.1) is 6.92 Å². The third kappa shape index (κ3) is 3.18. The van der Waals surface area contributed by atoms with Crippen LogP contribution >= 0.6 is 22.9 Å². The summed E-state index contributed by atoms with van der Waals surface area (Å²) in [7, 11) is -3.51. The Labute approximate surface area is 161 Å². The number of hydrogen-bond donors (Lipinski definition) is 0. The van der Waals surface area contributed by atoms with Crippen molar-refractivity contribution < 1.29 is 8.42 Å². The van der Waals surface area contributed by atoms with Crippen LogP contribution in [-0.2, 0) is 10.0 Å². The molecule has 1 fully saturated rings. The smallest absolute Gasteiger partial charge is 0.245 e. The fraction of sp³-hybridized carbons (Fsp3) is 0.294. The molecule has 9 heteroatoms. The van der Waals surface area contributed by atoms with E-state index in [4.69, 9.17) is 11.6 Å². The van der Waals surface area contributed by atoms with Gasteiger partial charge in [0.25, 0.3) is 10.0 Å². The molecule has 0 amide bonds. The number of hydrogen-bond acceptors (Lipinski definition) is 5. The van der Waals surface area contributed by atoms with Crippen LogP contribution in [0.5, 0.6) is 0 Å². The van der Waals surface area contributed by atoms with Gasteiger partial charge in [-0.15, -0.1) is 11.3 Å². The average molecular weight is 409 g/mol. The number of sulfonamides is 1. The highest BCUT2D eigenvalue weighted by Crippen LogP contribution is 2.32. The van der Waals surface area contributed by atoms with Crippen LogP contribution in [-0.4, -0.2) is 40.6 Å². The molecule has 2 aromatic heterocycles. The fourth-order valence-corrected chi connectivity index (χ4v) is 6.28. The van der Waals surface area contributed by atoms with Crippen LogP contribution in [0.25, 0.3) is 11.4 Å². The molecular formula is C17H17ClN4O2S2. The Morgan fingerprint density at radius 1 is 1.19 bits per heavy atom. The van der Waals surface area contributed by atoms with Gasteiger partial charge in [0, 0.05) is 18.7 Å². The zero-order chi connectivity index (χ0) is 18.3. The second kappa shape index (κ2) is 6.77. The van der Waals surface area contributed by atoms with Crippen LogP contribution in [0.4, 0.5) is 0 Å². The highest BCUT2D eigenvalue weighted by atomic mass is 35.5. The van der Waals surface area contributed by atoms with Gasteiger partial charge in [-0.05, 0) is 25.5 Å². The van der Waals surface area contributed by atoms with Gasteiger partial charge in [-0.3, -0.25) is 0 Å². The van der Waals surface area contributed by atoms with Gasteiger partial charge in [0.1, 0.15) is 10.0 Å². The highest BCUT2D eigenvalue weighted by Gasteiger charge is 2.35. The molecule has 1 aliphatic heterocycles. The van der Waals surface area contributed by atoms with Crippen molar-refractivity contribution in [1.82, 2.24) is 19.1 Å². The zero-order valence-electron chi connectivity index (χ0n) is 14.0. The number of benzene rings is 1. The SMILES string of the molecule is Cc1nc(-c2ccccc2)nn1C1CCN(S(=O)(=O)c2ccc(Cl)s2)C1. The van der Waals surface area contributed by atoms with Crippen LogP contribution in [0.1, 0.15) is 18.3 Å². The minimum atomic E-state index is -3.51. The topological polar surface area (TPSA) is 68.1 Å². The quantitative estimate of drug-likeness (QED) is 0.661. The third-order valence-corrected chi connectivity index (χ3v) is 8.01. The van der Waals surface area contributed by atoms with E-state index >= 15 is 0 Å². The van der Waals surface area contributed by atoms with E-state index in [1.54, 1.807) is 12.1 Å². The summed E-state index contributed by atoms with van der Waals surface area (Å²) in [4.78, 5) is 4.54. The van der Waals surface area contributed by atoms with Crippen molar-refractivity contribution in [3.05, 3.63) is 52.6 Å². The molecule has 26 heavy (non-hydrogen) atoms. The van der Waals surface area contributed by atoms with Gasteiger partial charge in [-0.1, -0.05) is 41.9 Å². The largest absolute Gasteiger partial charge is 0.252 e. The normalized spacial score (nSPS) is 18.5. The number of rotatable bonds is 4. The lowest BCUT2D eigenvalue weighted by Crippen LogP contribution is -2.29. The summed E-state index contributed by atoms with van der Waals surface area (Å²) in [5.74, 6) is 1.45. The van der Waals surface area contributed by atoms with E-state index in [1.165, 1.54) is 4.31 Å². The van der Waals surface area contributed by atoms with Crippen molar-refractivity contribution in [3.63, 3.8) is 0 Å². The molecule has 1 saturated heterocycles. The Balaban J connectivity index is 1.57. The lowest BCUT2D eigenvalue weighted by Gasteiger charge is -2.16. The average Bonchev–Trinajstić information content (AvgIpc) is 3.35. The van der Waals surface area contributed by atoms with Crippen molar-refractivity contribution in [2.45, 2.75) is 23.6 Å². The second-order valence-corrected chi connectivity index (χ2v) is 10.0. The van der Waals surface area contributed by atoms with E-state index in [9.17, 15) is 8.42 Å². The molecule has 0 radical (unpaired) electrons. The molecular weight excluding hydrogens is 392 g/mol. The molecule has 1 unspecified atom stereocenters. The lowest BCUT2D eigenvalue weighted by atomic mass is 10.2. The number of nitrogens with zero attached hydrogens (tertiary/aromatic N) is 4. The van der Waals surface area contributed by atoms with Gasteiger partial charge >= 0.3 is 0 Å². The summed E-state index contributed by atoms with van der Waals surface area (Å²) in [5, 5.41) is 4.62. The molecule has 136 valence electrons. The molecule has 0 bridgehead atoms. The molecule has 1 atom stereocenters. The summed E-state index contributed by atoms with van der Waals surface area (Å²) < 4.78 is 29.6. The molecule has 6 nitrogen and oxygen atoms in total. The first-order valence-corrected chi connectivity index (χ1v) is 10.8. The Morgan fingerprint density at radius 3 is 2.65 bits per heavy atom.